The Bertz CT molecular complexity index is 514. The van der Waals surface area contributed by atoms with Crippen LogP contribution in [-0.4, -0.2) is 48.4 Å². The molecule has 2 aliphatic heterocycles. The smallest absolute Gasteiger partial charge is 0.186 e. The molecule has 116 valence electrons. The summed E-state index contributed by atoms with van der Waals surface area (Å²) in [6.07, 6.45) is 4.88. The van der Waals surface area contributed by atoms with Crippen LogP contribution < -0.4 is 4.90 Å². The molecule has 0 spiro atoms. The van der Waals surface area contributed by atoms with Crippen molar-refractivity contribution in [3.63, 3.8) is 0 Å². The van der Waals surface area contributed by atoms with Crippen LogP contribution in [0, 0.1) is 0 Å². The summed E-state index contributed by atoms with van der Waals surface area (Å²) in [6, 6.07) is 0.675. The average Bonchev–Trinajstić information content (AvgIpc) is 3.16. The summed E-state index contributed by atoms with van der Waals surface area (Å²) in [7, 11) is 0. The van der Waals surface area contributed by atoms with E-state index in [1.807, 2.05) is 0 Å². The van der Waals surface area contributed by atoms with Crippen molar-refractivity contribution in [2.75, 3.05) is 31.1 Å². The molecule has 2 fully saturated rings. The molecule has 0 radical (unpaired) electrons. The Balaban J connectivity index is 1.76. The largest absolute Gasteiger partial charge is 0.346 e. The van der Waals surface area contributed by atoms with Crippen LogP contribution in [0.3, 0.4) is 0 Å². The number of hydrogen-bond donors (Lipinski definition) is 0. The van der Waals surface area contributed by atoms with Gasteiger partial charge in [-0.2, -0.15) is 0 Å². The normalized spacial score (nSPS) is 24.0. The van der Waals surface area contributed by atoms with Crippen molar-refractivity contribution < 1.29 is 4.79 Å². The minimum Gasteiger partial charge on any atom is -0.346 e. The summed E-state index contributed by atoms with van der Waals surface area (Å²) in [5, 5.41) is 1.03. The number of hydrogen-bond acceptors (Lipinski definition) is 5. The number of nitrogens with zero attached hydrogens (tertiary/aromatic N) is 3. The highest BCUT2D eigenvalue weighted by Gasteiger charge is 2.32. The highest BCUT2D eigenvalue weighted by atomic mass is 32.1. The van der Waals surface area contributed by atoms with E-state index in [0.717, 1.165) is 35.1 Å². The van der Waals surface area contributed by atoms with Crippen molar-refractivity contribution >= 4 is 22.8 Å². The first-order valence-electron chi connectivity index (χ1n) is 7.94. The number of carbonyl (C=O) groups excluding carboxylic acids is 1. The second kappa shape index (κ2) is 5.69. The van der Waals surface area contributed by atoms with Gasteiger partial charge in [0.1, 0.15) is 0 Å². The molecular weight excluding hydrogens is 282 g/mol. The van der Waals surface area contributed by atoms with Crippen LogP contribution in [0.2, 0.25) is 0 Å². The highest BCUT2D eigenvalue weighted by molar-refractivity contribution is 7.17. The Morgan fingerprint density at radius 2 is 1.95 bits per heavy atom. The third kappa shape index (κ3) is 2.99. The summed E-state index contributed by atoms with van der Waals surface area (Å²) >= 11 is 1.56. The fraction of sp³-hybridized carbons (Fsp3) is 0.750. The van der Waals surface area contributed by atoms with Crippen LogP contribution in [0.5, 0.6) is 0 Å². The Labute approximate surface area is 131 Å². The maximum atomic E-state index is 11.3. The number of aldehydes is 1. The van der Waals surface area contributed by atoms with E-state index < -0.39 is 0 Å². The van der Waals surface area contributed by atoms with Crippen molar-refractivity contribution in [2.24, 2.45) is 0 Å². The van der Waals surface area contributed by atoms with Crippen molar-refractivity contribution in [2.45, 2.75) is 51.5 Å². The third-order valence-electron chi connectivity index (χ3n) is 4.55. The Morgan fingerprint density at radius 1 is 1.24 bits per heavy atom. The minimum absolute atomic E-state index is 0.0704. The Morgan fingerprint density at radius 3 is 2.52 bits per heavy atom. The summed E-state index contributed by atoms with van der Waals surface area (Å²) in [5.74, 6) is 0. The number of anilines is 1. The SMILES string of the molecule is CC(C)(C)c1nc(N2CCC(N3CCCC3)C2)sc1C=O. The number of likely N-dealkylation sites (tertiary alicyclic amines) is 1. The number of carbonyl (C=O) groups is 1. The lowest BCUT2D eigenvalue weighted by molar-refractivity contribution is 0.112. The molecule has 0 N–H and O–H groups in total. The second-order valence-electron chi connectivity index (χ2n) is 7.21. The van der Waals surface area contributed by atoms with Gasteiger partial charge in [-0.05, 0) is 32.4 Å². The van der Waals surface area contributed by atoms with E-state index in [4.69, 9.17) is 4.98 Å². The van der Waals surface area contributed by atoms with Gasteiger partial charge in [0.2, 0.25) is 0 Å². The molecule has 0 aliphatic carbocycles. The molecule has 0 bridgehead atoms. The molecule has 21 heavy (non-hydrogen) atoms. The lowest BCUT2D eigenvalue weighted by atomic mass is 9.91. The van der Waals surface area contributed by atoms with Gasteiger partial charge in [-0.1, -0.05) is 32.1 Å². The maximum Gasteiger partial charge on any atom is 0.186 e. The maximum absolute atomic E-state index is 11.3. The zero-order valence-corrected chi connectivity index (χ0v) is 14.1. The Hall–Kier alpha value is -0.940. The predicted molar refractivity (Wildman–Crippen MR) is 87.6 cm³/mol. The van der Waals surface area contributed by atoms with E-state index in [-0.39, 0.29) is 5.41 Å². The molecule has 4 nitrogen and oxygen atoms in total. The van der Waals surface area contributed by atoms with Crippen LogP contribution in [0.1, 0.15) is 55.4 Å². The van der Waals surface area contributed by atoms with Crippen LogP contribution >= 0.6 is 11.3 Å². The zero-order chi connectivity index (χ0) is 15.0. The molecule has 2 saturated heterocycles. The second-order valence-corrected chi connectivity index (χ2v) is 8.22. The van der Waals surface area contributed by atoms with E-state index in [9.17, 15) is 4.79 Å². The lowest BCUT2D eigenvalue weighted by Crippen LogP contribution is -2.35. The summed E-state index contributed by atoms with van der Waals surface area (Å²) in [4.78, 5) is 21.9. The molecule has 2 aliphatic rings. The van der Waals surface area contributed by atoms with Gasteiger partial charge in [-0.25, -0.2) is 4.98 Å². The first-order valence-corrected chi connectivity index (χ1v) is 8.76. The number of aromatic nitrogens is 1. The molecule has 3 rings (SSSR count). The average molecular weight is 307 g/mol. The highest BCUT2D eigenvalue weighted by Crippen LogP contribution is 2.34. The summed E-state index contributed by atoms with van der Waals surface area (Å²) in [5.41, 5.74) is 0.876. The molecule has 1 aromatic rings. The van der Waals surface area contributed by atoms with E-state index in [1.165, 1.54) is 32.4 Å². The molecule has 5 heteroatoms. The van der Waals surface area contributed by atoms with Crippen molar-refractivity contribution in [1.29, 1.82) is 0 Å². The van der Waals surface area contributed by atoms with Gasteiger partial charge in [0.25, 0.3) is 0 Å². The van der Waals surface area contributed by atoms with Crippen LogP contribution in [0.15, 0.2) is 0 Å². The van der Waals surface area contributed by atoms with Crippen molar-refractivity contribution in [1.82, 2.24) is 9.88 Å². The quantitative estimate of drug-likeness (QED) is 0.805. The number of thiazole rings is 1. The van der Waals surface area contributed by atoms with Gasteiger partial charge in [0.05, 0.1) is 10.6 Å². The zero-order valence-electron chi connectivity index (χ0n) is 13.3. The molecule has 1 atom stereocenters. The van der Waals surface area contributed by atoms with Crippen molar-refractivity contribution in [3.05, 3.63) is 10.6 Å². The molecule has 0 amide bonds. The van der Waals surface area contributed by atoms with Gasteiger partial charge in [0, 0.05) is 24.5 Å². The van der Waals surface area contributed by atoms with Gasteiger partial charge in [-0.3, -0.25) is 9.69 Å². The standard InChI is InChI=1S/C16H25N3OS/c1-16(2,3)14-13(11-20)21-15(17-14)19-9-6-12(10-19)18-7-4-5-8-18/h11-12H,4-10H2,1-3H3. The third-order valence-corrected chi connectivity index (χ3v) is 5.59. The minimum atomic E-state index is -0.0704. The molecule has 1 aromatic heterocycles. The monoisotopic (exact) mass is 307 g/mol. The molecule has 0 saturated carbocycles. The molecule has 1 unspecified atom stereocenters. The van der Waals surface area contributed by atoms with Gasteiger partial charge >= 0.3 is 0 Å². The van der Waals surface area contributed by atoms with Gasteiger partial charge < -0.3 is 4.90 Å². The topological polar surface area (TPSA) is 36.4 Å². The van der Waals surface area contributed by atoms with E-state index in [2.05, 4.69) is 30.6 Å². The van der Waals surface area contributed by atoms with E-state index in [0.29, 0.717) is 6.04 Å². The van der Waals surface area contributed by atoms with Crippen molar-refractivity contribution in [3.8, 4) is 0 Å². The van der Waals surface area contributed by atoms with Gasteiger partial charge in [0.15, 0.2) is 11.4 Å². The molecule has 3 heterocycles. The van der Waals surface area contributed by atoms with Crippen LogP contribution in [0.4, 0.5) is 5.13 Å². The van der Waals surface area contributed by atoms with Gasteiger partial charge in [-0.15, -0.1) is 0 Å². The Kier molecular flexibility index (Phi) is 4.06. The van der Waals surface area contributed by atoms with E-state index >= 15 is 0 Å². The fourth-order valence-corrected chi connectivity index (χ4v) is 4.52. The molecular formula is C16H25N3OS. The number of rotatable bonds is 3. The molecule has 0 aromatic carbocycles. The fourth-order valence-electron chi connectivity index (χ4n) is 3.39. The van der Waals surface area contributed by atoms with E-state index in [1.54, 1.807) is 11.3 Å². The first-order chi connectivity index (χ1) is 9.99. The summed E-state index contributed by atoms with van der Waals surface area (Å²) in [6.45, 7) is 11.0. The van der Waals surface area contributed by atoms with Crippen LogP contribution in [-0.2, 0) is 5.41 Å². The predicted octanol–water partition coefficient (Wildman–Crippen LogP) is 2.93. The summed E-state index contributed by atoms with van der Waals surface area (Å²) < 4.78 is 0. The first kappa shape index (κ1) is 15.0. The van der Waals surface area contributed by atoms with Crippen LogP contribution in [0.25, 0.3) is 0 Å². The lowest BCUT2D eigenvalue weighted by Gasteiger charge is -2.23.